The van der Waals surface area contributed by atoms with E-state index in [4.69, 9.17) is 4.42 Å². The van der Waals surface area contributed by atoms with Gasteiger partial charge in [0.2, 0.25) is 0 Å². The van der Waals surface area contributed by atoms with Crippen LogP contribution in [0.2, 0.25) is 0 Å². The van der Waals surface area contributed by atoms with Crippen LogP contribution in [0.25, 0.3) is 21.7 Å². The zero-order chi connectivity index (χ0) is 13.5. The third-order valence-corrected chi connectivity index (χ3v) is 3.15. The lowest BCUT2D eigenvalue weighted by Gasteiger charge is -2.04. The molecule has 0 saturated heterocycles. The molecule has 0 spiro atoms. The number of benzene rings is 2. The zero-order valence-corrected chi connectivity index (χ0v) is 10.9. The van der Waals surface area contributed by atoms with E-state index in [1.54, 1.807) is 0 Å². The summed E-state index contributed by atoms with van der Waals surface area (Å²) in [6.07, 6.45) is 2.41. The highest BCUT2D eigenvalue weighted by atomic mass is 32.2. The van der Waals surface area contributed by atoms with Crippen molar-refractivity contribution in [3.63, 3.8) is 0 Å². The van der Waals surface area contributed by atoms with E-state index in [1.807, 2.05) is 36.4 Å². The molecule has 0 fully saturated rings. The zero-order valence-electron chi connectivity index (χ0n) is 10.1. The van der Waals surface area contributed by atoms with Crippen LogP contribution in [0, 0.1) is 0 Å². The van der Waals surface area contributed by atoms with E-state index >= 15 is 0 Å². The minimum absolute atomic E-state index is 0.484. The molecule has 5 nitrogen and oxygen atoms in total. The molecule has 0 saturated carbocycles. The van der Waals surface area contributed by atoms with Gasteiger partial charge in [-0.1, -0.05) is 30.3 Å². The van der Waals surface area contributed by atoms with Crippen molar-refractivity contribution in [2.75, 3.05) is 11.7 Å². The summed E-state index contributed by atoms with van der Waals surface area (Å²) in [4.78, 5) is 0. The molecule has 19 heavy (non-hydrogen) atoms. The SMILES string of the molecule is CS(=O)(=O)ONc1coc2ccc3ccccc3c12. The van der Waals surface area contributed by atoms with Crippen LogP contribution in [0.5, 0.6) is 0 Å². The number of furan rings is 1. The maximum Gasteiger partial charge on any atom is 0.284 e. The first-order chi connectivity index (χ1) is 9.04. The molecule has 0 radical (unpaired) electrons. The van der Waals surface area contributed by atoms with Gasteiger partial charge < -0.3 is 4.42 Å². The van der Waals surface area contributed by atoms with E-state index in [2.05, 4.69) is 9.76 Å². The second-order valence-electron chi connectivity index (χ2n) is 4.20. The number of fused-ring (bicyclic) bond motifs is 3. The van der Waals surface area contributed by atoms with Gasteiger partial charge in [0.1, 0.15) is 17.5 Å². The molecule has 2 aromatic carbocycles. The predicted molar refractivity (Wildman–Crippen MR) is 73.3 cm³/mol. The summed E-state index contributed by atoms with van der Waals surface area (Å²) in [6.45, 7) is 0. The first kappa shape index (κ1) is 12.0. The van der Waals surface area contributed by atoms with E-state index in [9.17, 15) is 8.42 Å². The molecule has 0 amide bonds. The molecule has 98 valence electrons. The van der Waals surface area contributed by atoms with Crippen molar-refractivity contribution in [3.8, 4) is 0 Å². The summed E-state index contributed by atoms with van der Waals surface area (Å²) >= 11 is 0. The van der Waals surface area contributed by atoms with Gasteiger partial charge in [0.25, 0.3) is 10.1 Å². The lowest BCUT2D eigenvalue weighted by molar-refractivity contribution is 0.395. The lowest BCUT2D eigenvalue weighted by atomic mass is 10.1. The number of nitrogens with one attached hydrogen (secondary N) is 1. The Kier molecular flexibility index (Phi) is 2.69. The van der Waals surface area contributed by atoms with E-state index in [-0.39, 0.29) is 0 Å². The van der Waals surface area contributed by atoms with Crippen LogP contribution in [0.4, 0.5) is 5.69 Å². The van der Waals surface area contributed by atoms with E-state index in [0.29, 0.717) is 11.3 Å². The van der Waals surface area contributed by atoms with Crippen molar-refractivity contribution in [2.24, 2.45) is 0 Å². The summed E-state index contributed by atoms with van der Waals surface area (Å²) in [6, 6.07) is 11.6. The Balaban J connectivity index is 2.17. The Morgan fingerprint density at radius 2 is 1.95 bits per heavy atom. The Morgan fingerprint density at radius 3 is 2.74 bits per heavy atom. The van der Waals surface area contributed by atoms with Crippen molar-refractivity contribution >= 4 is 37.5 Å². The molecule has 0 aliphatic heterocycles. The van der Waals surface area contributed by atoms with Crippen molar-refractivity contribution in [2.45, 2.75) is 0 Å². The summed E-state index contributed by atoms with van der Waals surface area (Å²) in [7, 11) is -3.57. The molecular formula is C13H11NO4S. The average molecular weight is 277 g/mol. The summed E-state index contributed by atoms with van der Waals surface area (Å²) < 4.78 is 32.0. The highest BCUT2D eigenvalue weighted by molar-refractivity contribution is 7.86. The van der Waals surface area contributed by atoms with Gasteiger partial charge in [-0.2, -0.15) is 12.7 Å². The fraction of sp³-hybridized carbons (Fsp3) is 0.0769. The molecule has 1 heterocycles. The standard InChI is InChI=1S/C13H11NO4S/c1-19(15,16)18-14-11-8-17-12-7-6-9-4-2-3-5-10(9)13(11)12/h2-8,14H,1H3. The minimum atomic E-state index is -3.57. The van der Waals surface area contributed by atoms with Crippen LogP contribution in [0.1, 0.15) is 0 Å². The Bertz CT molecular complexity index is 851. The second-order valence-corrected chi connectivity index (χ2v) is 5.77. The molecule has 0 aliphatic carbocycles. The van der Waals surface area contributed by atoms with E-state index in [1.165, 1.54) is 6.26 Å². The molecule has 0 atom stereocenters. The van der Waals surface area contributed by atoms with Crippen molar-refractivity contribution in [1.82, 2.24) is 0 Å². The molecule has 0 unspecified atom stereocenters. The first-order valence-corrected chi connectivity index (χ1v) is 7.40. The highest BCUT2D eigenvalue weighted by Crippen LogP contribution is 2.33. The van der Waals surface area contributed by atoms with Crippen molar-refractivity contribution < 1.29 is 17.1 Å². The predicted octanol–water partition coefficient (Wildman–Crippen LogP) is 2.89. The van der Waals surface area contributed by atoms with Gasteiger partial charge in [-0.3, -0.25) is 0 Å². The summed E-state index contributed by atoms with van der Waals surface area (Å²) in [5, 5.41) is 2.80. The fourth-order valence-corrected chi connectivity index (χ4v) is 2.25. The number of rotatable bonds is 3. The van der Waals surface area contributed by atoms with Gasteiger partial charge in [0.15, 0.2) is 0 Å². The maximum absolute atomic E-state index is 11.0. The molecule has 3 rings (SSSR count). The Labute approximate surface area is 109 Å². The van der Waals surface area contributed by atoms with Gasteiger partial charge in [0, 0.05) is 0 Å². The Hall–Kier alpha value is -2.05. The third-order valence-electron chi connectivity index (χ3n) is 2.77. The summed E-state index contributed by atoms with van der Waals surface area (Å²) in [5.74, 6) is 0. The van der Waals surface area contributed by atoms with Crippen LogP contribution < -0.4 is 5.48 Å². The third kappa shape index (κ3) is 2.27. The van der Waals surface area contributed by atoms with Crippen LogP contribution >= 0.6 is 0 Å². The van der Waals surface area contributed by atoms with E-state index < -0.39 is 10.1 Å². The monoisotopic (exact) mass is 277 g/mol. The van der Waals surface area contributed by atoms with E-state index in [0.717, 1.165) is 22.4 Å². The molecule has 0 bridgehead atoms. The highest BCUT2D eigenvalue weighted by Gasteiger charge is 2.11. The minimum Gasteiger partial charge on any atom is -0.462 e. The molecule has 1 N–H and O–H groups in total. The van der Waals surface area contributed by atoms with Gasteiger partial charge in [-0.25, -0.2) is 5.48 Å². The normalized spacial score (nSPS) is 12.1. The largest absolute Gasteiger partial charge is 0.462 e. The smallest absolute Gasteiger partial charge is 0.284 e. The number of hydrogen-bond donors (Lipinski definition) is 1. The molecule has 6 heteroatoms. The average Bonchev–Trinajstić information content (AvgIpc) is 2.79. The van der Waals surface area contributed by atoms with Crippen molar-refractivity contribution in [1.29, 1.82) is 0 Å². The Morgan fingerprint density at radius 1 is 1.16 bits per heavy atom. The van der Waals surface area contributed by atoms with Gasteiger partial charge in [-0.15, -0.1) is 0 Å². The number of anilines is 1. The van der Waals surface area contributed by atoms with Crippen LogP contribution in [0.3, 0.4) is 0 Å². The second kappa shape index (κ2) is 4.25. The molecule has 0 aliphatic rings. The van der Waals surface area contributed by atoms with Crippen LogP contribution in [-0.4, -0.2) is 14.7 Å². The first-order valence-electron chi connectivity index (χ1n) is 5.58. The lowest BCUT2D eigenvalue weighted by Crippen LogP contribution is -2.08. The maximum atomic E-state index is 11.0. The molecular weight excluding hydrogens is 266 g/mol. The topological polar surface area (TPSA) is 68.5 Å². The number of hydrogen-bond acceptors (Lipinski definition) is 5. The molecule has 3 aromatic rings. The summed E-state index contributed by atoms with van der Waals surface area (Å²) in [5.41, 5.74) is 3.57. The fourth-order valence-electron chi connectivity index (χ4n) is 2.00. The quantitative estimate of drug-likeness (QED) is 0.745. The van der Waals surface area contributed by atoms with Gasteiger partial charge in [0.05, 0.1) is 11.6 Å². The van der Waals surface area contributed by atoms with Crippen molar-refractivity contribution in [3.05, 3.63) is 42.7 Å². The van der Waals surface area contributed by atoms with Crippen LogP contribution in [0.15, 0.2) is 47.1 Å². The van der Waals surface area contributed by atoms with Gasteiger partial charge >= 0.3 is 0 Å². The van der Waals surface area contributed by atoms with Gasteiger partial charge in [-0.05, 0) is 16.8 Å². The van der Waals surface area contributed by atoms with Crippen LogP contribution in [-0.2, 0) is 14.4 Å². The molecule has 1 aromatic heterocycles.